The fraction of sp³-hybridized carbons (Fsp3) is 0.633. The number of anilines is 1. The number of morpholine rings is 1. The van der Waals surface area contributed by atoms with Gasteiger partial charge < -0.3 is 26.8 Å². The predicted molar refractivity (Wildman–Crippen MR) is 236 cm³/mol. The van der Waals surface area contributed by atoms with Crippen LogP contribution in [0.1, 0.15) is 155 Å². The van der Waals surface area contributed by atoms with Crippen LogP contribution in [0.15, 0.2) is 35.1 Å². The van der Waals surface area contributed by atoms with Gasteiger partial charge in [0.25, 0.3) is 0 Å². The van der Waals surface area contributed by atoms with Crippen molar-refractivity contribution >= 4 is 38.3 Å². The number of benzene rings is 3. The molecule has 2 saturated heterocycles. The summed E-state index contributed by atoms with van der Waals surface area (Å²) in [5.41, 5.74) is 2.15. The third-order valence-corrected chi connectivity index (χ3v) is 17.0. The summed E-state index contributed by atoms with van der Waals surface area (Å²) in [5, 5.41) is 12.9. The Morgan fingerprint density at radius 3 is 1.60 bits per heavy atom. The van der Waals surface area contributed by atoms with Crippen LogP contribution in [0.25, 0.3) is 32.6 Å². The van der Waals surface area contributed by atoms with E-state index in [-0.39, 0.29) is 155 Å². The Bertz CT molecular complexity index is 2290. The first kappa shape index (κ1) is 54.2. The molecule has 1 aromatic heterocycles. The zero-order valence-electron chi connectivity index (χ0n) is 40.3. The van der Waals surface area contributed by atoms with Gasteiger partial charge in [0.15, 0.2) is 0 Å². The van der Waals surface area contributed by atoms with E-state index in [9.17, 15) is 10.1 Å². The molecular weight excluding hydrogens is 943 g/mol. The standard InChI is InChI=1S/C48H69N4O2.CH3.3Y/c1-28-31-26-35(33(39(2,3)4)25-32(31)38(53)36-30-23-22-29(27-49)24-34(30)50-37(28)36)51-42(9,10)40(5,6)48(21,41(7,8)43(51,11)12)52-44(13,14)46(17,18)54-47(19,20)45(52,15)16;;;;/h22-26,50H,1-21H3;1H3;;;/q2*-1;;;. The second kappa shape index (κ2) is 15.6. The molecule has 311 valence electrons. The van der Waals surface area contributed by atoms with Crippen molar-refractivity contribution < 1.29 is 103 Å². The zero-order chi connectivity index (χ0) is 41.2. The van der Waals surface area contributed by atoms with Crippen molar-refractivity contribution in [1.82, 2.24) is 9.88 Å². The van der Waals surface area contributed by atoms with Crippen molar-refractivity contribution in [2.75, 3.05) is 4.90 Å². The summed E-state index contributed by atoms with van der Waals surface area (Å²) >= 11 is 0. The number of ether oxygens (including phenoxy) is 1. The molecule has 3 aromatic carbocycles. The van der Waals surface area contributed by atoms with Gasteiger partial charge in [-0.05, 0) is 135 Å². The second-order valence-electron chi connectivity index (χ2n) is 22.2. The summed E-state index contributed by atoms with van der Waals surface area (Å²) < 4.78 is 7.07. The van der Waals surface area contributed by atoms with E-state index in [4.69, 9.17) is 4.74 Å². The van der Waals surface area contributed by atoms with Gasteiger partial charge >= 0.3 is 0 Å². The number of nitriles is 1. The summed E-state index contributed by atoms with van der Waals surface area (Å²) in [6.45, 7) is 50.0. The molecule has 6 rings (SSSR count). The van der Waals surface area contributed by atoms with Gasteiger partial charge in [0.2, 0.25) is 0 Å². The van der Waals surface area contributed by atoms with Crippen LogP contribution >= 0.6 is 0 Å². The maximum Gasteiger partial charge on any atom is 0.115 e. The van der Waals surface area contributed by atoms with Gasteiger partial charge in [-0.2, -0.15) is 5.26 Å². The van der Waals surface area contributed by atoms with Crippen LogP contribution in [0.4, 0.5) is 5.69 Å². The maximum absolute atomic E-state index is 14.7. The number of aromatic nitrogens is 1. The first-order valence-electron chi connectivity index (χ1n) is 20.1. The maximum atomic E-state index is 14.7. The van der Waals surface area contributed by atoms with Gasteiger partial charge in [0.05, 0.1) is 22.8 Å². The topological polar surface area (TPSA) is 72.4 Å². The number of rotatable bonds is 2. The van der Waals surface area contributed by atoms with E-state index in [0.717, 1.165) is 32.8 Å². The van der Waals surface area contributed by atoms with Gasteiger partial charge in [0.1, 0.15) is 5.43 Å². The Morgan fingerprint density at radius 2 is 1.17 bits per heavy atom. The minimum atomic E-state index is -0.429. The molecule has 3 heterocycles. The number of piperidine rings is 1. The second-order valence-corrected chi connectivity index (χ2v) is 22.2. The number of H-pyrrole nitrogens is 1. The Hall–Kier alpha value is 0.0417. The minimum Gasteiger partial charge on any atom is -0.371 e. The van der Waals surface area contributed by atoms with Crippen LogP contribution in [0, 0.1) is 36.5 Å². The van der Waals surface area contributed by atoms with E-state index in [2.05, 4.69) is 178 Å². The number of aromatic amines is 1. The Balaban J connectivity index is 0.00000290. The summed E-state index contributed by atoms with van der Waals surface area (Å²) in [4.78, 5) is 23.9. The number of nitrogens with zero attached hydrogens (tertiary/aromatic N) is 3. The van der Waals surface area contributed by atoms with Gasteiger partial charge in [0, 0.05) is 142 Å². The van der Waals surface area contributed by atoms with E-state index in [0.29, 0.717) is 10.9 Å². The predicted octanol–water partition coefficient (Wildman–Crippen LogP) is 12.1. The molecular formula is C49H72N4O2Y3-2. The van der Waals surface area contributed by atoms with Crippen molar-refractivity contribution in [1.29, 1.82) is 5.26 Å². The number of nitrogens with one attached hydrogen (secondary N) is 1. The summed E-state index contributed by atoms with van der Waals surface area (Å²) in [6.07, 6.45) is 0. The number of aryl methyl sites for hydroxylation is 1. The Morgan fingerprint density at radius 1 is 0.707 bits per heavy atom. The van der Waals surface area contributed by atoms with Crippen molar-refractivity contribution in [3.05, 3.63) is 64.7 Å². The molecule has 4 aromatic rings. The molecule has 1 N–H and O–H groups in total. The first-order chi connectivity index (χ1) is 24.1. The third-order valence-electron chi connectivity index (χ3n) is 17.0. The Labute approximate surface area is 427 Å². The molecule has 0 saturated carbocycles. The SMILES string of the molecule is C[c-]1c2cc(N3C(C)(C)C(C)(C)C(C)(N4C(C)(C)C(C)(C)OC(C)(C)C4(C)C)C(C)(C)C3(C)C)c(C(C)(C)C)cc2c(=O)c2c3ccc(C#N)cc3[nH]c21.[CH3-].[Y].[Y].[Y]. The fourth-order valence-corrected chi connectivity index (χ4v) is 11.6. The summed E-state index contributed by atoms with van der Waals surface area (Å²) in [6, 6.07) is 12.4. The van der Waals surface area contributed by atoms with Crippen LogP contribution in [-0.2, 0) is 108 Å². The van der Waals surface area contributed by atoms with Gasteiger partial charge in [-0.25, -0.2) is 0 Å². The van der Waals surface area contributed by atoms with Crippen molar-refractivity contribution in [2.45, 2.75) is 190 Å². The molecule has 0 aliphatic carbocycles. The number of hydrogen-bond acceptors (Lipinski definition) is 5. The molecule has 2 fully saturated rings. The molecule has 9 heteroatoms. The summed E-state index contributed by atoms with van der Waals surface area (Å²) in [5.74, 6) is 0. The molecule has 0 spiro atoms. The largest absolute Gasteiger partial charge is 0.371 e. The van der Waals surface area contributed by atoms with Crippen LogP contribution < -0.4 is 10.3 Å². The van der Waals surface area contributed by atoms with Crippen LogP contribution in [0.5, 0.6) is 0 Å². The van der Waals surface area contributed by atoms with Gasteiger partial charge in [-0.3, -0.25) is 4.90 Å². The van der Waals surface area contributed by atoms with E-state index >= 15 is 0 Å². The van der Waals surface area contributed by atoms with Crippen molar-refractivity contribution in [3.8, 4) is 6.07 Å². The van der Waals surface area contributed by atoms with Crippen LogP contribution in [-0.4, -0.2) is 48.8 Å². The van der Waals surface area contributed by atoms with Crippen molar-refractivity contribution in [3.63, 3.8) is 0 Å². The van der Waals surface area contributed by atoms with E-state index in [1.54, 1.807) is 6.07 Å². The molecule has 0 unspecified atom stereocenters. The van der Waals surface area contributed by atoms with Crippen LogP contribution in [0.2, 0.25) is 0 Å². The molecule has 3 radical (unpaired) electrons. The molecule has 0 bridgehead atoms. The van der Waals surface area contributed by atoms with Crippen LogP contribution in [0.3, 0.4) is 0 Å². The molecule has 0 atom stereocenters. The third kappa shape index (κ3) is 6.71. The monoisotopic (exact) mass is 1020 g/mol. The molecule has 58 heavy (non-hydrogen) atoms. The number of hydrogen-bond donors (Lipinski definition) is 1. The molecule has 2 aliphatic heterocycles. The first-order valence-corrected chi connectivity index (χ1v) is 20.1. The number of fused-ring (bicyclic) bond motifs is 4. The van der Waals surface area contributed by atoms with Gasteiger partial charge in [-0.15, -0.1) is 17.0 Å². The van der Waals surface area contributed by atoms with E-state index in [1.165, 1.54) is 11.3 Å². The quantitative estimate of drug-likeness (QED) is 0.203. The van der Waals surface area contributed by atoms with E-state index < -0.39 is 11.2 Å². The average Bonchev–Trinajstić information content (AvgIpc) is 3.39. The average molecular weight is 1020 g/mol. The molecule has 2 aliphatic rings. The van der Waals surface area contributed by atoms with Crippen molar-refractivity contribution in [2.24, 2.45) is 10.8 Å². The zero-order valence-corrected chi connectivity index (χ0v) is 48.8. The van der Waals surface area contributed by atoms with E-state index in [1.807, 2.05) is 12.1 Å². The minimum absolute atomic E-state index is 0. The Kier molecular flexibility index (Phi) is 14.6. The summed E-state index contributed by atoms with van der Waals surface area (Å²) in [7, 11) is 0. The molecule has 6 nitrogen and oxygen atoms in total. The van der Waals surface area contributed by atoms with Gasteiger partial charge in [-0.1, -0.05) is 72.9 Å². The molecule has 0 amide bonds. The fourth-order valence-electron chi connectivity index (χ4n) is 11.6. The normalized spacial score (nSPS) is 23.1. The smallest absolute Gasteiger partial charge is 0.115 e.